The van der Waals surface area contributed by atoms with Crippen LogP contribution in [0.2, 0.25) is 0 Å². The molecule has 1 atom stereocenters. The molecule has 0 spiro atoms. The van der Waals surface area contributed by atoms with Crippen LogP contribution in [0.4, 0.5) is 14.9 Å². The van der Waals surface area contributed by atoms with E-state index >= 15 is 0 Å². The molecule has 29 heavy (non-hydrogen) atoms. The summed E-state index contributed by atoms with van der Waals surface area (Å²) in [5, 5.41) is 16.4. The number of urea groups is 1. The molecule has 1 aromatic heterocycles. The summed E-state index contributed by atoms with van der Waals surface area (Å²) in [7, 11) is 0. The van der Waals surface area contributed by atoms with E-state index in [9.17, 15) is 14.3 Å². The van der Waals surface area contributed by atoms with Crippen LogP contribution in [0.3, 0.4) is 0 Å². The lowest BCUT2D eigenvalue weighted by Crippen LogP contribution is -2.37. The summed E-state index contributed by atoms with van der Waals surface area (Å²) in [4.78, 5) is 12.1. The summed E-state index contributed by atoms with van der Waals surface area (Å²) in [6, 6.07) is 13.0. The Hall–Kier alpha value is -3.06. The number of carbonyl (C=O) groups is 1. The Morgan fingerprint density at radius 2 is 2.03 bits per heavy atom. The van der Waals surface area contributed by atoms with Gasteiger partial charge in [-0.1, -0.05) is 19.9 Å². The fourth-order valence-electron chi connectivity index (χ4n) is 3.02. The zero-order chi connectivity index (χ0) is 20.8. The Morgan fingerprint density at radius 1 is 1.21 bits per heavy atom. The number of nitrogens with one attached hydrogen (secondary N) is 2. The highest BCUT2D eigenvalue weighted by atomic mass is 19.1. The lowest BCUT2D eigenvalue weighted by molar-refractivity contribution is 0.108. The van der Waals surface area contributed by atoms with Gasteiger partial charge in [0.2, 0.25) is 0 Å². The van der Waals surface area contributed by atoms with Crippen LogP contribution in [-0.2, 0) is 6.54 Å². The summed E-state index contributed by atoms with van der Waals surface area (Å²) in [5.74, 6) is 0.461. The van der Waals surface area contributed by atoms with E-state index in [0.717, 1.165) is 17.4 Å². The maximum absolute atomic E-state index is 13.1. The summed E-state index contributed by atoms with van der Waals surface area (Å²) < 4.78 is 20.6. The molecular formula is C22H26FN3O3. The van der Waals surface area contributed by atoms with Crippen molar-refractivity contribution in [2.45, 2.75) is 26.5 Å². The number of fused-ring (bicyclic) bond motifs is 1. The van der Waals surface area contributed by atoms with Gasteiger partial charge < -0.3 is 25.0 Å². The molecule has 0 aliphatic heterocycles. The van der Waals surface area contributed by atoms with Crippen molar-refractivity contribution in [3.8, 4) is 5.75 Å². The van der Waals surface area contributed by atoms with E-state index in [2.05, 4.69) is 29.0 Å². The number of aliphatic hydroxyl groups is 1. The molecule has 0 aliphatic carbocycles. The second-order valence-corrected chi connectivity index (χ2v) is 7.39. The van der Waals surface area contributed by atoms with Gasteiger partial charge in [-0.05, 0) is 42.3 Å². The van der Waals surface area contributed by atoms with E-state index in [4.69, 9.17) is 4.74 Å². The third-order valence-corrected chi connectivity index (χ3v) is 4.33. The highest BCUT2D eigenvalue weighted by Crippen LogP contribution is 2.21. The smallest absolute Gasteiger partial charge is 0.319 e. The molecule has 154 valence electrons. The van der Waals surface area contributed by atoms with Crippen molar-refractivity contribution in [3.05, 3.63) is 60.5 Å². The Labute approximate surface area is 169 Å². The molecule has 0 bridgehead atoms. The average molecular weight is 399 g/mol. The first kappa shape index (κ1) is 20.7. The first-order chi connectivity index (χ1) is 13.9. The predicted octanol–water partition coefficient (Wildman–Crippen LogP) is 4.00. The van der Waals surface area contributed by atoms with E-state index in [1.165, 1.54) is 18.2 Å². The van der Waals surface area contributed by atoms with Gasteiger partial charge in [0.15, 0.2) is 0 Å². The van der Waals surface area contributed by atoms with Gasteiger partial charge in [0.25, 0.3) is 0 Å². The molecule has 3 aromatic rings. The van der Waals surface area contributed by atoms with Crippen molar-refractivity contribution < 1.29 is 19.0 Å². The van der Waals surface area contributed by atoms with Crippen molar-refractivity contribution in [2.75, 3.05) is 18.5 Å². The second kappa shape index (κ2) is 9.43. The third kappa shape index (κ3) is 5.96. The molecule has 0 saturated carbocycles. The number of anilines is 1. The fourth-order valence-corrected chi connectivity index (χ4v) is 3.02. The normalized spacial score (nSPS) is 12.2. The van der Waals surface area contributed by atoms with E-state index in [-0.39, 0.29) is 13.2 Å². The summed E-state index contributed by atoms with van der Waals surface area (Å²) >= 11 is 0. The van der Waals surface area contributed by atoms with E-state index < -0.39 is 18.0 Å². The zero-order valence-corrected chi connectivity index (χ0v) is 16.6. The minimum absolute atomic E-state index is 0.00809. The molecule has 0 fully saturated rings. The average Bonchev–Trinajstić information content (AvgIpc) is 3.06. The third-order valence-electron chi connectivity index (χ3n) is 4.33. The highest BCUT2D eigenvalue weighted by molar-refractivity contribution is 5.92. The maximum Gasteiger partial charge on any atom is 0.319 e. The lowest BCUT2D eigenvalue weighted by atomic mass is 10.2. The van der Waals surface area contributed by atoms with Crippen LogP contribution in [0.15, 0.2) is 54.7 Å². The highest BCUT2D eigenvalue weighted by Gasteiger charge is 2.10. The number of benzene rings is 2. The van der Waals surface area contributed by atoms with E-state index in [1.807, 2.05) is 30.5 Å². The number of amides is 2. The molecule has 0 aliphatic rings. The van der Waals surface area contributed by atoms with Crippen molar-refractivity contribution >= 4 is 22.6 Å². The SMILES string of the molecule is CC(C)Cn1ccc2cc(NC(=O)NCC(O)COc3cccc(F)c3)ccc21. The summed E-state index contributed by atoms with van der Waals surface area (Å²) in [6.07, 6.45) is 1.13. The van der Waals surface area contributed by atoms with Gasteiger partial charge in [-0.15, -0.1) is 0 Å². The van der Waals surface area contributed by atoms with Gasteiger partial charge in [-0.3, -0.25) is 0 Å². The van der Waals surface area contributed by atoms with Crippen LogP contribution in [0.25, 0.3) is 10.9 Å². The molecule has 0 radical (unpaired) electrons. The zero-order valence-electron chi connectivity index (χ0n) is 16.6. The molecule has 1 heterocycles. The van der Waals surface area contributed by atoms with Gasteiger partial charge in [-0.25, -0.2) is 9.18 Å². The summed E-state index contributed by atoms with van der Waals surface area (Å²) in [5.41, 5.74) is 1.79. The minimum atomic E-state index is -0.920. The number of halogens is 1. The Morgan fingerprint density at radius 3 is 2.79 bits per heavy atom. The monoisotopic (exact) mass is 399 g/mol. The molecule has 2 aromatic carbocycles. The summed E-state index contributed by atoms with van der Waals surface area (Å²) in [6.45, 7) is 5.23. The lowest BCUT2D eigenvalue weighted by Gasteiger charge is -2.14. The minimum Gasteiger partial charge on any atom is -0.491 e. The van der Waals surface area contributed by atoms with Crippen LogP contribution in [0, 0.1) is 11.7 Å². The van der Waals surface area contributed by atoms with Crippen LogP contribution in [0.1, 0.15) is 13.8 Å². The van der Waals surface area contributed by atoms with Crippen molar-refractivity contribution in [2.24, 2.45) is 5.92 Å². The number of aliphatic hydroxyl groups excluding tert-OH is 1. The largest absolute Gasteiger partial charge is 0.491 e. The van der Waals surface area contributed by atoms with Gasteiger partial charge >= 0.3 is 6.03 Å². The quantitative estimate of drug-likeness (QED) is 0.536. The Kier molecular flexibility index (Phi) is 6.72. The number of ether oxygens (including phenoxy) is 1. The molecule has 3 rings (SSSR count). The number of nitrogens with zero attached hydrogens (tertiary/aromatic N) is 1. The fraction of sp³-hybridized carbons (Fsp3) is 0.318. The molecule has 6 nitrogen and oxygen atoms in total. The van der Waals surface area contributed by atoms with Crippen LogP contribution in [-0.4, -0.2) is 35.0 Å². The number of aromatic nitrogens is 1. The molecule has 3 N–H and O–H groups in total. The maximum atomic E-state index is 13.1. The van der Waals surface area contributed by atoms with Gasteiger partial charge in [0.1, 0.15) is 24.3 Å². The number of rotatable bonds is 8. The van der Waals surface area contributed by atoms with Gasteiger partial charge in [0.05, 0.1) is 0 Å². The number of hydrogen-bond acceptors (Lipinski definition) is 3. The van der Waals surface area contributed by atoms with Crippen molar-refractivity contribution in [1.82, 2.24) is 9.88 Å². The van der Waals surface area contributed by atoms with Crippen LogP contribution >= 0.6 is 0 Å². The topological polar surface area (TPSA) is 75.5 Å². The van der Waals surface area contributed by atoms with Gasteiger partial charge in [0, 0.05) is 41.9 Å². The van der Waals surface area contributed by atoms with Crippen LogP contribution in [0.5, 0.6) is 5.75 Å². The van der Waals surface area contributed by atoms with Crippen molar-refractivity contribution in [3.63, 3.8) is 0 Å². The standard InChI is InChI=1S/C22H26FN3O3/c1-15(2)13-26-9-8-16-10-18(6-7-21(16)26)25-22(28)24-12-19(27)14-29-20-5-3-4-17(23)11-20/h3-11,15,19,27H,12-14H2,1-2H3,(H2,24,25,28). The van der Waals surface area contributed by atoms with E-state index in [0.29, 0.717) is 17.4 Å². The first-order valence-electron chi connectivity index (χ1n) is 9.61. The molecule has 0 saturated heterocycles. The second-order valence-electron chi connectivity index (χ2n) is 7.39. The van der Waals surface area contributed by atoms with Crippen LogP contribution < -0.4 is 15.4 Å². The Balaban J connectivity index is 1.47. The number of hydrogen-bond donors (Lipinski definition) is 3. The molecule has 7 heteroatoms. The van der Waals surface area contributed by atoms with Gasteiger partial charge in [-0.2, -0.15) is 0 Å². The number of carbonyl (C=O) groups excluding carboxylic acids is 1. The first-order valence-corrected chi connectivity index (χ1v) is 9.61. The molecular weight excluding hydrogens is 373 g/mol. The molecule has 1 unspecified atom stereocenters. The van der Waals surface area contributed by atoms with E-state index in [1.54, 1.807) is 6.07 Å². The predicted molar refractivity (Wildman–Crippen MR) is 112 cm³/mol. The molecule has 2 amide bonds. The Bertz CT molecular complexity index is 971. The van der Waals surface area contributed by atoms with Crippen molar-refractivity contribution in [1.29, 1.82) is 0 Å².